The van der Waals surface area contributed by atoms with E-state index in [4.69, 9.17) is 28.9 Å². The van der Waals surface area contributed by atoms with Crippen LogP contribution in [0.4, 0.5) is 0 Å². The van der Waals surface area contributed by atoms with Crippen LogP contribution in [0.15, 0.2) is 18.2 Å². The molecule has 0 aliphatic carbocycles. The van der Waals surface area contributed by atoms with Crippen molar-refractivity contribution in [2.45, 2.75) is 31.9 Å². The van der Waals surface area contributed by atoms with Crippen LogP contribution in [0.3, 0.4) is 0 Å². The number of aliphatic hydroxyl groups is 1. The largest absolute Gasteiger partial charge is 0.386 e. The Morgan fingerprint density at radius 1 is 1.40 bits per heavy atom. The summed E-state index contributed by atoms with van der Waals surface area (Å²) < 4.78 is 0. The lowest BCUT2D eigenvalue weighted by Crippen LogP contribution is -2.29. The van der Waals surface area contributed by atoms with Gasteiger partial charge in [0, 0.05) is 34.6 Å². The number of hydrogen-bond acceptors (Lipinski definition) is 3. The van der Waals surface area contributed by atoms with E-state index in [9.17, 15) is 9.90 Å². The summed E-state index contributed by atoms with van der Waals surface area (Å²) >= 11 is 11.9. The molecule has 0 saturated carbocycles. The molecule has 1 rings (SSSR count). The van der Waals surface area contributed by atoms with Gasteiger partial charge in [0.2, 0.25) is 5.91 Å². The van der Waals surface area contributed by atoms with E-state index >= 15 is 0 Å². The highest BCUT2D eigenvalue weighted by Crippen LogP contribution is 2.29. The second-order valence-corrected chi connectivity index (χ2v) is 5.29. The molecule has 0 fully saturated rings. The number of halogens is 3. The van der Waals surface area contributed by atoms with Crippen LogP contribution in [0.1, 0.15) is 31.4 Å². The van der Waals surface area contributed by atoms with Gasteiger partial charge in [-0.15, -0.1) is 12.4 Å². The minimum absolute atomic E-state index is 0. The fourth-order valence-electron chi connectivity index (χ4n) is 1.59. The lowest BCUT2D eigenvalue weighted by atomic mass is 10.1. The molecule has 0 aliphatic heterocycles. The Labute approximate surface area is 135 Å². The Bertz CT molecular complexity index is 421. The molecule has 2 unspecified atom stereocenters. The van der Waals surface area contributed by atoms with Crippen LogP contribution < -0.4 is 11.1 Å². The van der Waals surface area contributed by atoms with E-state index in [-0.39, 0.29) is 30.9 Å². The summed E-state index contributed by atoms with van der Waals surface area (Å²) in [6.45, 7) is 1.91. The van der Waals surface area contributed by atoms with Crippen LogP contribution in [0, 0.1) is 0 Å². The average Bonchev–Trinajstić information content (AvgIpc) is 2.33. The van der Waals surface area contributed by atoms with Crippen molar-refractivity contribution in [1.82, 2.24) is 5.32 Å². The first-order chi connectivity index (χ1) is 8.91. The maximum absolute atomic E-state index is 11.5. The standard InChI is InChI=1S/C13H18Cl2N2O2.ClH/c1-8(16)5-6-12(19)17-7-11(18)13-9(14)3-2-4-10(13)15;/h2-4,8,11,18H,5-7,16H2,1H3,(H,17,19);1H. The zero-order valence-electron chi connectivity index (χ0n) is 11.1. The van der Waals surface area contributed by atoms with E-state index in [2.05, 4.69) is 5.32 Å². The molecule has 114 valence electrons. The molecule has 0 aliphatic rings. The van der Waals surface area contributed by atoms with E-state index in [1.807, 2.05) is 6.92 Å². The van der Waals surface area contributed by atoms with Crippen molar-refractivity contribution in [1.29, 1.82) is 0 Å². The minimum atomic E-state index is -0.930. The number of amides is 1. The Morgan fingerprint density at radius 3 is 2.45 bits per heavy atom. The van der Waals surface area contributed by atoms with E-state index in [0.717, 1.165) is 0 Å². The van der Waals surface area contributed by atoms with Gasteiger partial charge in [-0.2, -0.15) is 0 Å². The topological polar surface area (TPSA) is 75.4 Å². The number of benzene rings is 1. The third-order valence-corrected chi connectivity index (χ3v) is 3.31. The summed E-state index contributed by atoms with van der Waals surface area (Å²) in [4.78, 5) is 11.5. The number of carbonyl (C=O) groups is 1. The van der Waals surface area contributed by atoms with Crippen molar-refractivity contribution < 1.29 is 9.90 Å². The van der Waals surface area contributed by atoms with Gasteiger partial charge in [-0.3, -0.25) is 4.79 Å². The quantitative estimate of drug-likeness (QED) is 0.744. The lowest BCUT2D eigenvalue weighted by Gasteiger charge is -2.15. The molecule has 0 saturated heterocycles. The SMILES string of the molecule is CC(N)CCC(=O)NCC(O)c1c(Cl)cccc1Cl.Cl. The molecule has 2 atom stereocenters. The number of aliphatic hydroxyl groups excluding tert-OH is 1. The van der Waals surface area contributed by atoms with Crippen molar-refractivity contribution in [2.75, 3.05) is 6.54 Å². The second kappa shape index (κ2) is 9.42. The summed E-state index contributed by atoms with van der Waals surface area (Å²) in [5, 5.41) is 13.4. The van der Waals surface area contributed by atoms with E-state index in [1.54, 1.807) is 18.2 Å². The number of rotatable bonds is 6. The number of nitrogens with two attached hydrogens (primary N) is 1. The monoisotopic (exact) mass is 340 g/mol. The Morgan fingerprint density at radius 2 is 1.95 bits per heavy atom. The van der Waals surface area contributed by atoms with Gasteiger partial charge < -0.3 is 16.2 Å². The van der Waals surface area contributed by atoms with Gasteiger partial charge >= 0.3 is 0 Å². The Balaban J connectivity index is 0.00000361. The van der Waals surface area contributed by atoms with Gasteiger partial charge in [-0.25, -0.2) is 0 Å². The van der Waals surface area contributed by atoms with Crippen LogP contribution in [0.5, 0.6) is 0 Å². The summed E-state index contributed by atoms with van der Waals surface area (Å²) in [5.41, 5.74) is 5.99. The first-order valence-electron chi connectivity index (χ1n) is 6.06. The molecule has 1 aromatic rings. The smallest absolute Gasteiger partial charge is 0.220 e. The van der Waals surface area contributed by atoms with Gasteiger partial charge in [0.25, 0.3) is 0 Å². The highest BCUT2D eigenvalue weighted by molar-refractivity contribution is 6.36. The Kier molecular flexibility index (Phi) is 9.18. The molecule has 1 amide bonds. The van der Waals surface area contributed by atoms with Gasteiger partial charge in [0.15, 0.2) is 0 Å². The second-order valence-electron chi connectivity index (χ2n) is 4.47. The molecule has 0 aromatic heterocycles. The van der Waals surface area contributed by atoms with Crippen LogP contribution >= 0.6 is 35.6 Å². The zero-order valence-corrected chi connectivity index (χ0v) is 13.4. The fourth-order valence-corrected chi connectivity index (χ4v) is 2.24. The lowest BCUT2D eigenvalue weighted by molar-refractivity contribution is -0.121. The normalized spacial score (nSPS) is 13.2. The summed E-state index contributed by atoms with van der Waals surface area (Å²) in [5.74, 6) is -0.153. The zero-order chi connectivity index (χ0) is 14.4. The summed E-state index contributed by atoms with van der Waals surface area (Å²) in [7, 11) is 0. The van der Waals surface area contributed by atoms with Gasteiger partial charge in [0.1, 0.15) is 0 Å². The van der Waals surface area contributed by atoms with Gasteiger partial charge in [-0.1, -0.05) is 29.3 Å². The van der Waals surface area contributed by atoms with Gasteiger partial charge in [0.05, 0.1) is 6.10 Å². The third kappa shape index (κ3) is 6.29. The highest BCUT2D eigenvalue weighted by Gasteiger charge is 2.16. The van der Waals surface area contributed by atoms with Crippen LogP contribution in [0.25, 0.3) is 0 Å². The van der Waals surface area contributed by atoms with E-state index in [1.165, 1.54) is 0 Å². The molecular weight excluding hydrogens is 323 g/mol. The molecular formula is C13H19Cl3N2O2. The molecule has 1 aromatic carbocycles. The van der Waals surface area contributed by atoms with Crippen molar-refractivity contribution in [2.24, 2.45) is 5.73 Å². The van der Waals surface area contributed by atoms with Gasteiger partial charge in [-0.05, 0) is 25.5 Å². The Hall–Kier alpha value is -0.520. The van der Waals surface area contributed by atoms with Crippen molar-refractivity contribution in [3.8, 4) is 0 Å². The molecule has 0 heterocycles. The first kappa shape index (κ1) is 19.5. The molecule has 7 heteroatoms. The van der Waals surface area contributed by atoms with Crippen LogP contribution in [-0.4, -0.2) is 23.6 Å². The molecule has 0 spiro atoms. The maximum Gasteiger partial charge on any atom is 0.220 e. The minimum Gasteiger partial charge on any atom is -0.386 e. The van der Waals surface area contributed by atoms with Crippen molar-refractivity contribution in [3.63, 3.8) is 0 Å². The first-order valence-corrected chi connectivity index (χ1v) is 6.81. The predicted molar refractivity (Wildman–Crippen MR) is 84.6 cm³/mol. The number of hydrogen-bond donors (Lipinski definition) is 3. The van der Waals surface area contributed by atoms with Crippen LogP contribution in [0.2, 0.25) is 10.0 Å². The molecule has 4 nitrogen and oxygen atoms in total. The van der Waals surface area contributed by atoms with E-state index < -0.39 is 6.10 Å². The number of carbonyl (C=O) groups excluding carboxylic acids is 1. The summed E-state index contributed by atoms with van der Waals surface area (Å²) in [6.07, 6.45) is 0.00976. The molecule has 0 bridgehead atoms. The maximum atomic E-state index is 11.5. The third-order valence-electron chi connectivity index (χ3n) is 2.65. The summed E-state index contributed by atoms with van der Waals surface area (Å²) in [6, 6.07) is 4.96. The predicted octanol–water partition coefficient (Wildman–Crippen LogP) is 2.69. The van der Waals surface area contributed by atoms with Crippen molar-refractivity contribution >= 4 is 41.5 Å². The molecule has 4 N–H and O–H groups in total. The number of nitrogens with one attached hydrogen (secondary N) is 1. The molecule has 0 radical (unpaired) electrons. The molecule has 20 heavy (non-hydrogen) atoms. The average molecular weight is 342 g/mol. The van der Waals surface area contributed by atoms with Crippen molar-refractivity contribution in [3.05, 3.63) is 33.8 Å². The fraction of sp³-hybridized carbons (Fsp3) is 0.462. The highest BCUT2D eigenvalue weighted by atomic mass is 35.5. The van der Waals surface area contributed by atoms with Crippen LogP contribution in [-0.2, 0) is 4.79 Å². The van der Waals surface area contributed by atoms with E-state index in [0.29, 0.717) is 28.5 Å².